The molecule has 1 aromatic heterocycles. The Bertz CT molecular complexity index is 662. The molecule has 0 spiro atoms. The lowest BCUT2D eigenvalue weighted by molar-refractivity contribution is -0.118. The van der Waals surface area contributed by atoms with Crippen LogP contribution in [0.5, 0.6) is 11.8 Å². The summed E-state index contributed by atoms with van der Waals surface area (Å²) in [5.41, 5.74) is 0. The zero-order valence-electron chi connectivity index (χ0n) is 10.6. The SMILES string of the molecule is COc1n[nH]c(NC(=O)COc2cc(Cl)c(Cl)cc2Cl)n1. The number of methoxy groups -OCH3 is 1. The molecule has 0 radical (unpaired) electrons. The first kappa shape index (κ1) is 15.7. The number of hydrogen-bond donors (Lipinski definition) is 2. The maximum atomic E-state index is 11.7. The fraction of sp³-hybridized carbons (Fsp3) is 0.182. The zero-order valence-corrected chi connectivity index (χ0v) is 12.9. The van der Waals surface area contributed by atoms with E-state index in [4.69, 9.17) is 44.3 Å². The van der Waals surface area contributed by atoms with Gasteiger partial charge in [-0.25, -0.2) is 5.10 Å². The molecule has 1 heterocycles. The van der Waals surface area contributed by atoms with E-state index >= 15 is 0 Å². The van der Waals surface area contributed by atoms with Gasteiger partial charge in [-0.3, -0.25) is 10.1 Å². The topological polar surface area (TPSA) is 89.1 Å². The third-order valence-corrected chi connectivity index (χ3v) is 3.26. The van der Waals surface area contributed by atoms with E-state index in [1.807, 2.05) is 0 Å². The van der Waals surface area contributed by atoms with E-state index in [1.165, 1.54) is 19.2 Å². The molecule has 0 aliphatic rings. The highest BCUT2D eigenvalue weighted by Gasteiger charge is 2.11. The molecule has 21 heavy (non-hydrogen) atoms. The number of ether oxygens (including phenoxy) is 2. The van der Waals surface area contributed by atoms with Crippen molar-refractivity contribution in [2.24, 2.45) is 0 Å². The van der Waals surface area contributed by atoms with Gasteiger partial charge >= 0.3 is 6.01 Å². The summed E-state index contributed by atoms with van der Waals surface area (Å²) in [5, 5.41) is 9.41. The minimum absolute atomic E-state index is 0.110. The van der Waals surface area contributed by atoms with Crippen LogP contribution in [0.4, 0.5) is 5.95 Å². The molecule has 0 aliphatic heterocycles. The average Bonchev–Trinajstić information content (AvgIpc) is 2.89. The van der Waals surface area contributed by atoms with Crippen molar-refractivity contribution in [3.8, 4) is 11.8 Å². The van der Waals surface area contributed by atoms with Gasteiger partial charge in [0.25, 0.3) is 5.91 Å². The first-order valence-electron chi connectivity index (χ1n) is 5.53. The number of carbonyl (C=O) groups is 1. The lowest BCUT2D eigenvalue weighted by atomic mass is 10.3. The molecule has 0 aliphatic carbocycles. The second kappa shape index (κ2) is 6.84. The van der Waals surface area contributed by atoms with Crippen LogP contribution < -0.4 is 14.8 Å². The van der Waals surface area contributed by atoms with Crippen LogP contribution in [-0.4, -0.2) is 34.8 Å². The fourth-order valence-corrected chi connectivity index (χ4v) is 1.91. The number of nitrogens with one attached hydrogen (secondary N) is 2. The third-order valence-electron chi connectivity index (χ3n) is 2.24. The van der Waals surface area contributed by atoms with Crippen molar-refractivity contribution in [3.63, 3.8) is 0 Å². The Kier molecular flexibility index (Phi) is 5.11. The van der Waals surface area contributed by atoms with Gasteiger partial charge < -0.3 is 9.47 Å². The number of nitrogens with zero attached hydrogens (tertiary/aromatic N) is 2. The predicted molar refractivity (Wildman–Crippen MR) is 78.5 cm³/mol. The lowest BCUT2D eigenvalue weighted by Crippen LogP contribution is -2.21. The molecule has 0 atom stereocenters. The number of amides is 1. The van der Waals surface area contributed by atoms with Crippen molar-refractivity contribution >= 4 is 46.7 Å². The molecular formula is C11H9Cl3N4O3. The predicted octanol–water partition coefficient (Wildman–Crippen LogP) is 2.79. The summed E-state index contributed by atoms with van der Waals surface area (Å²) in [7, 11) is 1.41. The largest absolute Gasteiger partial charge is 0.482 e. The van der Waals surface area contributed by atoms with E-state index in [0.717, 1.165) is 0 Å². The third kappa shape index (κ3) is 4.13. The van der Waals surface area contributed by atoms with Gasteiger partial charge in [0.2, 0.25) is 5.95 Å². The minimum Gasteiger partial charge on any atom is -0.482 e. The number of aromatic amines is 1. The summed E-state index contributed by atoms with van der Waals surface area (Å²) in [6.45, 7) is -0.291. The van der Waals surface area contributed by atoms with Crippen LogP contribution in [0, 0.1) is 0 Å². The number of benzene rings is 1. The number of hydrogen-bond acceptors (Lipinski definition) is 5. The van der Waals surface area contributed by atoms with Crippen molar-refractivity contribution < 1.29 is 14.3 Å². The van der Waals surface area contributed by atoms with E-state index < -0.39 is 5.91 Å². The Morgan fingerprint density at radius 1 is 1.29 bits per heavy atom. The number of anilines is 1. The van der Waals surface area contributed by atoms with Gasteiger partial charge in [0, 0.05) is 6.07 Å². The van der Waals surface area contributed by atoms with E-state index in [9.17, 15) is 4.79 Å². The van der Waals surface area contributed by atoms with Crippen LogP contribution in [0.2, 0.25) is 15.1 Å². The van der Waals surface area contributed by atoms with Gasteiger partial charge in [0.1, 0.15) is 5.75 Å². The number of halogens is 3. The van der Waals surface area contributed by atoms with E-state index in [2.05, 4.69) is 20.5 Å². The molecule has 0 saturated heterocycles. The Morgan fingerprint density at radius 3 is 2.67 bits per heavy atom. The maximum absolute atomic E-state index is 11.7. The summed E-state index contributed by atoms with van der Waals surface area (Å²) < 4.78 is 10.0. The van der Waals surface area contributed by atoms with Crippen molar-refractivity contribution in [2.45, 2.75) is 0 Å². The van der Waals surface area contributed by atoms with Crippen LogP contribution in [0.25, 0.3) is 0 Å². The fourth-order valence-electron chi connectivity index (χ4n) is 1.32. The molecule has 0 unspecified atom stereocenters. The Morgan fingerprint density at radius 2 is 2.00 bits per heavy atom. The van der Waals surface area contributed by atoms with Crippen molar-refractivity contribution in [3.05, 3.63) is 27.2 Å². The molecule has 0 fully saturated rings. The van der Waals surface area contributed by atoms with Crippen molar-refractivity contribution in [1.82, 2.24) is 15.2 Å². The van der Waals surface area contributed by atoms with Gasteiger partial charge in [-0.2, -0.15) is 4.98 Å². The van der Waals surface area contributed by atoms with Crippen LogP contribution in [-0.2, 0) is 4.79 Å². The van der Waals surface area contributed by atoms with Crippen LogP contribution in [0.3, 0.4) is 0 Å². The Balaban J connectivity index is 1.93. The van der Waals surface area contributed by atoms with E-state index in [-0.39, 0.29) is 34.4 Å². The molecule has 2 aromatic rings. The highest BCUT2D eigenvalue weighted by Crippen LogP contribution is 2.33. The summed E-state index contributed by atoms with van der Waals surface area (Å²) >= 11 is 17.6. The number of rotatable bonds is 5. The smallest absolute Gasteiger partial charge is 0.336 e. The molecule has 7 nitrogen and oxygen atoms in total. The zero-order chi connectivity index (χ0) is 15.4. The summed E-state index contributed by atoms with van der Waals surface area (Å²) in [4.78, 5) is 15.5. The molecular weight excluding hydrogens is 343 g/mol. The van der Waals surface area contributed by atoms with Crippen LogP contribution in [0.1, 0.15) is 0 Å². The molecule has 1 amide bonds. The standard InChI is InChI=1S/C11H9Cl3N4O3/c1-20-11-16-10(17-18-11)15-9(19)4-21-8-3-6(13)5(12)2-7(8)14/h2-3H,4H2,1H3,(H2,15,16,17,18,19). The molecule has 2 N–H and O–H groups in total. The van der Waals surface area contributed by atoms with Crippen molar-refractivity contribution in [2.75, 3.05) is 19.0 Å². The van der Waals surface area contributed by atoms with Crippen LogP contribution >= 0.6 is 34.8 Å². The molecule has 112 valence electrons. The summed E-state index contributed by atoms with van der Waals surface area (Å²) in [6, 6.07) is 2.97. The maximum Gasteiger partial charge on any atom is 0.336 e. The molecule has 1 aromatic carbocycles. The molecule has 0 bridgehead atoms. The van der Waals surface area contributed by atoms with Crippen molar-refractivity contribution in [1.29, 1.82) is 0 Å². The monoisotopic (exact) mass is 350 g/mol. The van der Waals surface area contributed by atoms with Gasteiger partial charge in [-0.05, 0) is 6.07 Å². The van der Waals surface area contributed by atoms with Crippen LogP contribution in [0.15, 0.2) is 12.1 Å². The summed E-state index contributed by atoms with van der Waals surface area (Å²) in [6.07, 6.45) is 0. The molecule has 0 saturated carbocycles. The number of H-pyrrole nitrogens is 1. The van der Waals surface area contributed by atoms with E-state index in [1.54, 1.807) is 0 Å². The van der Waals surface area contributed by atoms with Gasteiger partial charge in [-0.15, -0.1) is 5.10 Å². The van der Waals surface area contributed by atoms with Gasteiger partial charge in [0.05, 0.1) is 22.2 Å². The average molecular weight is 352 g/mol. The lowest BCUT2D eigenvalue weighted by Gasteiger charge is -2.08. The first-order valence-corrected chi connectivity index (χ1v) is 6.66. The quantitative estimate of drug-likeness (QED) is 0.809. The normalized spacial score (nSPS) is 10.3. The highest BCUT2D eigenvalue weighted by atomic mass is 35.5. The molecule has 10 heteroatoms. The second-order valence-corrected chi connectivity index (χ2v) is 4.93. The van der Waals surface area contributed by atoms with E-state index in [0.29, 0.717) is 5.02 Å². The highest BCUT2D eigenvalue weighted by molar-refractivity contribution is 6.43. The van der Waals surface area contributed by atoms with Gasteiger partial charge in [0.15, 0.2) is 6.61 Å². The molecule has 2 rings (SSSR count). The number of carbonyl (C=O) groups excluding carboxylic acids is 1. The minimum atomic E-state index is -0.462. The Labute approximate surface area is 134 Å². The first-order chi connectivity index (χ1) is 9.99. The van der Waals surface area contributed by atoms with Gasteiger partial charge in [-0.1, -0.05) is 34.8 Å². The Hall–Kier alpha value is -1.70. The number of aromatic nitrogens is 3. The second-order valence-electron chi connectivity index (χ2n) is 3.70. The summed E-state index contributed by atoms with van der Waals surface area (Å²) in [5.74, 6) is -0.0759.